The number of carbonyl (C=O) groups excluding carboxylic acids is 3. The van der Waals surface area contributed by atoms with E-state index in [4.69, 9.17) is 0 Å². The van der Waals surface area contributed by atoms with Crippen LogP contribution in [0.15, 0.2) is 28.7 Å². The lowest BCUT2D eigenvalue weighted by molar-refractivity contribution is -0.862. The van der Waals surface area contributed by atoms with Crippen LogP contribution in [-0.4, -0.2) is 50.4 Å². The second-order valence-corrected chi connectivity index (χ2v) is 6.81. The van der Waals surface area contributed by atoms with Crippen molar-refractivity contribution >= 4 is 39.3 Å². The monoisotopic (exact) mass is 397 g/mol. The molecule has 0 saturated heterocycles. The van der Waals surface area contributed by atoms with Crippen molar-refractivity contribution in [2.45, 2.75) is 18.9 Å². The van der Waals surface area contributed by atoms with E-state index in [-0.39, 0.29) is 37.4 Å². The van der Waals surface area contributed by atoms with E-state index in [2.05, 4.69) is 31.9 Å². The van der Waals surface area contributed by atoms with E-state index in [1.165, 1.54) is 0 Å². The highest BCUT2D eigenvalue weighted by atomic mass is 79.9. The molecule has 130 valence electrons. The second kappa shape index (κ2) is 8.79. The molecule has 3 amide bonds. The number of halogens is 1. The molecule has 0 aliphatic heterocycles. The van der Waals surface area contributed by atoms with Gasteiger partial charge in [-0.1, -0.05) is 12.1 Å². The minimum absolute atomic E-state index is 0.0468. The molecule has 1 aromatic rings. The third kappa shape index (κ3) is 6.67. The Kier molecular flexibility index (Phi) is 6.74. The standard InChI is InChI=1S/C16H21BrN4O3/c1-21(10-16(24)19-11-6-7-11)9-15(23)18-8-14(22)20-13-5-3-2-4-12(13)17/h2-5,11H,6-10H2,1H3,(H,18,23)(H,19,24)(H,20,22)/p+1. The van der Waals surface area contributed by atoms with Crippen LogP contribution in [0, 0.1) is 0 Å². The van der Waals surface area contributed by atoms with Gasteiger partial charge in [-0.2, -0.15) is 0 Å². The predicted molar refractivity (Wildman–Crippen MR) is 93.6 cm³/mol. The number of rotatable bonds is 8. The quantitative estimate of drug-likeness (QED) is 0.467. The first-order valence-electron chi connectivity index (χ1n) is 7.86. The Labute approximate surface area is 149 Å². The summed E-state index contributed by atoms with van der Waals surface area (Å²) in [4.78, 5) is 36.1. The van der Waals surface area contributed by atoms with E-state index in [0.717, 1.165) is 22.2 Å². The predicted octanol–water partition coefficient (Wildman–Crippen LogP) is -0.703. The summed E-state index contributed by atoms with van der Waals surface area (Å²) in [5.74, 6) is -0.622. The summed E-state index contributed by atoms with van der Waals surface area (Å²) in [5.41, 5.74) is 0.649. The van der Waals surface area contributed by atoms with E-state index in [1.54, 1.807) is 13.1 Å². The van der Waals surface area contributed by atoms with Gasteiger partial charge in [0.15, 0.2) is 13.1 Å². The molecule has 1 aliphatic carbocycles. The van der Waals surface area contributed by atoms with Crippen molar-refractivity contribution in [2.75, 3.05) is 32.0 Å². The van der Waals surface area contributed by atoms with Crippen LogP contribution < -0.4 is 20.9 Å². The number of nitrogens with one attached hydrogen (secondary N) is 4. The average Bonchev–Trinajstić information content (AvgIpc) is 3.31. The maximum atomic E-state index is 11.8. The van der Waals surface area contributed by atoms with Crippen LogP contribution in [0.3, 0.4) is 0 Å². The molecule has 1 fully saturated rings. The number of likely N-dealkylation sites (N-methyl/N-ethyl adjacent to an activating group) is 1. The second-order valence-electron chi connectivity index (χ2n) is 5.96. The number of benzene rings is 1. The van der Waals surface area contributed by atoms with E-state index >= 15 is 0 Å². The molecule has 0 radical (unpaired) electrons. The van der Waals surface area contributed by atoms with Gasteiger partial charge in [0.25, 0.3) is 11.8 Å². The van der Waals surface area contributed by atoms with Gasteiger partial charge in [-0.15, -0.1) is 0 Å². The number of hydrogen-bond donors (Lipinski definition) is 4. The van der Waals surface area contributed by atoms with Crippen molar-refractivity contribution in [2.24, 2.45) is 0 Å². The van der Waals surface area contributed by atoms with Gasteiger partial charge in [0.2, 0.25) is 5.91 Å². The minimum Gasteiger partial charge on any atom is -0.348 e. The maximum Gasteiger partial charge on any atom is 0.275 e. The Balaban J connectivity index is 1.65. The number of anilines is 1. The van der Waals surface area contributed by atoms with Gasteiger partial charge in [0, 0.05) is 10.5 Å². The molecule has 1 saturated carbocycles. The summed E-state index contributed by atoms with van der Waals surface area (Å²) in [6, 6.07) is 7.56. The molecule has 0 aromatic heterocycles. The lowest BCUT2D eigenvalue weighted by atomic mass is 10.3. The fourth-order valence-electron chi connectivity index (χ4n) is 2.12. The van der Waals surface area contributed by atoms with Crippen LogP contribution in [0.2, 0.25) is 0 Å². The van der Waals surface area contributed by atoms with Crippen molar-refractivity contribution in [3.05, 3.63) is 28.7 Å². The van der Waals surface area contributed by atoms with Gasteiger partial charge in [-0.05, 0) is 40.9 Å². The molecule has 8 heteroatoms. The van der Waals surface area contributed by atoms with Gasteiger partial charge < -0.3 is 20.9 Å². The normalized spacial score (nSPS) is 14.6. The van der Waals surface area contributed by atoms with Crippen LogP contribution in [0.5, 0.6) is 0 Å². The summed E-state index contributed by atoms with van der Waals surface area (Å²) in [7, 11) is 1.77. The molecular weight excluding hydrogens is 376 g/mol. The molecule has 0 heterocycles. The smallest absolute Gasteiger partial charge is 0.275 e. The lowest BCUT2D eigenvalue weighted by Gasteiger charge is -2.13. The highest BCUT2D eigenvalue weighted by Crippen LogP contribution is 2.20. The Morgan fingerprint density at radius 3 is 2.46 bits per heavy atom. The molecule has 1 aliphatic rings. The average molecular weight is 398 g/mol. The SMILES string of the molecule is C[NH+](CC(=O)NCC(=O)Nc1ccccc1Br)CC(=O)NC1CC1. The molecule has 2 rings (SSSR count). The summed E-state index contributed by atoms with van der Waals surface area (Å²) < 4.78 is 0.774. The summed E-state index contributed by atoms with van der Waals surface area (Å²) >= 11 is 3.34. The maximum absolute atomic E-state index is 11.8. The van der Waals surface area contributed by atoms with Crippen molar-refractivity contribution in [1.82, 2.24) is 10.6 Å². The van der Waals surface area contributed by atoms with Crippen LogP contribution in [0.25, 0.3) is 0 Å². The van der Waals surface area contributed by atoms with Crippen LogP contribution in [0.4, 0.5) is 5.69 Å². The molecule has 24 heavy (non-hydrogen) atoms. The van der Waals surface area contributed by atoms with E-state index in [1.807, 2.05) is 18.2 Å². The zero-order chi connectivity index (χ0) is 17.5. The molecule has 0 bridgehead atoms. The van der Waals surface area contributed by atoms with Crippen molar-refractivity contribution in [1.29, 1.82) is 0 Å². The zero-order valence-electron chi connectivity index (χ0n) is 13.5. The molecule has 4 N–H and O–H groups in total. The first-order valence-corrected chi connectivity index (χ1v) is 8.65. The number of hydrogen-bond acceptors (Lipinski definition) is 3. The molecule has 7 nitrogen and oxygen atoms in total. The minimum atomic E-state index is -0.306. The largest absolute Gasteiger partial charge is 0.348 e. The van der Waals surface area contributed by atoms with Crippen molar-refractivity contribution in [3.63, 3.8) is 0 Å². The molecule has 1 unspecified atom stereocenters. The van der Waals surface area contributed by atoms with E-state index in [0.29, 0.717) is 11.7 Å². The van der Waals surface area contributed by atoms with E-state index < -0.39 is 0 Å². The molecule has 1 atom stereocenters. The van der Waals surface area contributed by atoms with Gasteiger partial charge >= 0.3 is 0 Å². The first kappa shape index (κ1) is 18.4. The number of para-hydroxylation sites is 1. The van der Waals surface area contributed by atoms with Crippen LogP contribution in [-0.2, 0) is 14.4 Å². The summed E-state index contributed by atoms with van der Waals surface area (Å²) in [5, 5.41) is 8.15. The lowest BCUT2D eigenvalue weighted by Crippen LogP contribution is -3.11. The zero-order valence-corrected chi connectivity index (χ0v) is 15.1. The molecule has 1 aromatic carbocycles. The van der Waals surface area contributed by atoms with Gasteiger partial charge in [0.05, 0.1) is 19.3 Å². The van der Waals surface area contributed by atoms with Gasteiger partial charge in [-0.3, -0.25) is 14.4 Å². The van der Waals surface area contributed by atoms with Gasteiger partial charge in [-0.25, -0.2) is 0 Å². The fraction of sp³-hybridized carbons (Fsp3) is 0.438. The van der Waals surface area contributed by atoms with Crippen LogP contribution in [0.1, 0.15) is 12.8 Å². The van der Waals surface area contributed by atoms with Crippen molar-refractivity contribution in [3.8, 4) is 0 Å². The third-order valence-corrected chi connectivity index (χ3v) is 4.15. The Hall–Kier alpha value is -1.93. The fourth-order valence-corrected chi connectivity index (χ4v) is 2.50. The summed E-state index contributed by atoms with van der Waals surface area (Å²) in [6.07, 6.45) is 2.08. The van der Waals surface area contributed by atoms with Crippen LogP contribution >= 0.6 is 15.9 Å². The topological polar surface area (TPSA) is 91.7 Å². The third-order valence-electron chi connectivity index (χ3n) is 3.46. The number of quaternary nitrogens is 1. The highest BCUT2D eigenvalue weighted by Gasteiger charge is 2.24. The first-order chi connectivity index (χ1) is 11.4. The molecule has 0 spiro atoms. The molecular formula is C16H22BrN4O3+. The highest BCUT2D eigenvalue weighted by molar-refractivity contribution is 9.10. The Bertz CT molecular complexity index is 619. The Morgan fingerprint density at radius 1 is 1.12 bits per heavy atom. The van der Waals surface area contributed by atoms with E-state index in [9.17, 15) is 14.4 Å². The Morgan fingerprint density at radius 2 is 1.79 bits per heavy atom. The summed E-state index contributed by atoms with van der Waals surface area (Å²) in [6.45, 7) is 0.273. The number of carbonyl (C=O) groups is 3. The van der Waals surface area contributed by atoms with Crippen molar-refractivity contribution < 1.29 is 19.3 Å². The van der Waals surface area contributed by atoms with Gasteiger partial charge in [0.1, 0.15) is 0 Å². The number of amides is 3.